The number of piperazine rings is 1. The van der Waals surface area contributed by atoms with Gasteiger partial charge in [-0.05, 0) is 42.9 Å². The number of nitrogens with zero attached hydrogens (tertiary/aromatic N) is 2. The summed E-state index contributed by atoms with van der Waals surface area (Å²) >= 11 is 0. The molecule has 24 heavy (non-hydrogen) atoms. The fraction of sp³-hybridized carbons (Fsp3) is 0.579. The molecular formula is C19H25N3O2. The lowest BCUT2D eigenvalue weighted by atomic mass is 9.91. The van der Waals surface area contributed by atoms with Gasteiger partial charge in [0, 0.05) is 43.7 Å². The Bertz CT molecular complexity index is 648. The highest BCUT2D eigenvalue weighted by Gasteiger charge is 2.46. The van der Waals surface area contributed by atoms with E-state index in [0.29, 0.717) is 5.56 Å². The highest BCUT2D eigenvalue weighted by molar-refractivity contribution is 5.93. The fourth-order valence-electron chi connectivity index (χ4n) is 4.05. The molecule has 0 spiro atoms. The minimum absolute atomic E-state index is 0.0865. The number of carbonyl (C=O) groups excluding carboxylic acids is 2. The van der Waals surface area contributed by atoms with Gasteiger partial charge in [0.1, 0.15) is 0 Å². The molecule has 0 unspecified atom stereocenters. The number of nitrogens with two attached hydrogens (primary N) is 1. The lowest BCUT2D eigenvalue weighted by Gasteiger charge is -2.43. The third kappa shape index (κ3) is 2.93. The highest BCUT2D eigenvalue weighted by atomic mass is 16.2. The summed E-state index contributed by atoms with van der Waals surface area (Å²) < 4.78 is 0. The van der Waals surface area contributed by atoms with Gasteiger partial charge in [-0.25, -0.2) is 0 Å². The maximum absolute atomic E-state index is 12.7. The van der Waals surface area contributed by atoms with E-state index in [0.717, 1.165) is 44.2 Å². The molecule has 2 saturated carbocycles. The maximum atomic E-state index is 12.7. The first kappa shape index (κ1) is 15.6. The number of benzene rings is 1. The lowest BCUT2D eigenvalue weighted by molar-refractivity contribution is -0.135. The van der Waals surface area contributed by atoms with Gasteiger partial charge in [-0.15, -0.1) is 0 Å². The number of hydrogen-bond donors (Lipinski definition) is 1. The van der Waals surface area contributed by atoms with E-state index in [1.165, 1.54) is 19.3 Å². The quantitative estimate of drug-likeness (QED) is 0.913. The second-order valence-corrected chi connectivity index (χ2v) is 7.38. The molecule has 2 aliphatic carbocycles. The Labute approximate surface area is 142 Å². The molecule has 1 saturated heterocycles. The minimum Gasteiger partial charge on any atom is -0.366 e. The van der Waals surface area contributed by atoms with Crippen LogP contribution < -0.4 is 5.73 Å². The van der Waals surface area contributed by atoms with E-state index in [1.807, 2.05) is 23.1 Å². The van der Waals surface area contributed by atoms with Crippen LogP contribution in [0.2, 0.25) is 0 Å². The molecule has 1 aromatic carbocycles. The highest BCUT2D eigenvalue weighted by Crippen LogP contribution is 2.48. The molecule has 3 fully saturated rings. The molecule has 1 aromatic rings. The van der Waals surface area contributed by atoms with E-state index >= 15 is 0 Å². The third-order valence-corrected chi connectivity index (χ3v) is 5.92. The van der Waals surface area contributed by atoms with Crippen LogP contribution in [-0.4, -0.2) is 53.8 Å². The molecule has 2 atom stereocenters. The zero-order chi connectivity index (χ0) is 16.7. The third-order valence-electron chi connectivity index (χ3n) is 5.92. The Hall–Kier alpha value is -1.88. The summed E-state index contributed by atoms with van der Waals surface area (Å²) in [7, 11) is 0. The Morgan fingerprint density at radius 2 is 1.83 bits per heavy atom. The van der Waals surface area contributed by atoms with Crippen molar-refractivity contribution in [2.24, 2.45) is 11.7 Å². The second kappa shape index (κ2) is 6.20. The second-order valence-electron chi connectivity index (χ2n) is 7.38. The van der Waals surface area contributed by atoms with Crippen LogP contribution in [-0.2, 0) is 4.79 Å². The average molecular weight is 327 g/mol. The van der Waals surface area contributed by atoms with Gasteiger partial charge >= 0.3 is 0 Å². The zero-order valence-electron chi connectivity index (χ0n) is 14.0. The van der Waals surface area contributed by atoms with Gasteiger partial charge < -0.3 is 10.6 Å². The molecule has 0 aromatic heterocycles. The summed E-state index contributed by atoms with van der Waals surface area (Å²) in [5.41, 5.74) is 6.94. The first-order valence-electron chi connectivity index (χ1n) is 9.06. The van der Waals surface area contributed by atoms with Gasteiger partial charge in [0.15, 0.2) is 0 Å². The molecule has 1 aliphatic heterocycles. The predicted molar refractivity (Wildman–Crippen MR) is 91.6 cm³/mol. The molecule has 0 radical (unpaired) electrons. The van der Waals surface area contributed by atoms with Gasteiger partial charge in [0.2, 0.25) is 11.8 Å². The average Bonchev–Trinajstić information content (AvgIpc) is 3.34. The molecule has 5 heteroatoms. The monoisotopic (exact) mass is 327 g/mol. The lowest BCUT2D eigenvalue weighted by Crippen LogP contribution is -2.53. The largest absolute Gasteiger partial charge is 0.366 e. The molecule has 0 bridgehead atoms. The van der Waals surface area contributed by atoms with Gasteiger partial charge in [-0.2, -0.15) is 0 Å². The van der Waals surface area contributed by atoms with Crippen LogP contribution in [0, 0.1) is 5.92 Å². The van der Waals surface area contributed by atoms with E-state index < -0.39 is 5.91 Å². The van der Waals surface area contributed by atoms with E-state index in [2.05, 4.69) is 4.90 Å². The van der Waals surface area contributed by atoms with Crippen molar-refractivity contribution in [2.45, 2.75) is 37.6 Å². The summed E-state index contributed by atoms with van der Waals surface area (Å²) in [6.45, 7) is 3.76. The Morgan fingerprint density at radius 1 is 1.08 bits per heavy atom. The number of carbonyl (C=O) groups is 2. The van der Waals surface area contributed by atoms with Crippen molar-refractivity contribution in [3.8, 4) is 0 Å². The summed E-state index contributed by atoms with van der Waals surface area (Å²) in [5, 5.41) is 0. The van der Waals surface area contributed by atoms with Crippen molar-refractivity contribution in [1.82, 2.24) is 9.80 Å². The van der Waals surface area contributed by atoms with E-state index in [1.54, 1.807) is 6.07 Å². The molecular weight excluding hydrogens is 302 g/mol. The number of amides is 2. The minimum atomic E-state index is -0.410. The van der Waals surface area contributed by atoms with Crippen molar-refractivity contribution >= 4 is 11.8 Å². The first-order chi connectivity index (χ1) is 11.6. The van der Waals surface area contributed by atoms with Crippen LogP contribution in [0.4, 0.5) is 0 Å². The summed E-state index contributed by atoms with van der Waals surface area (Å²) in [6.07, 6.45) is 4.91. The predicted octanol–water partition coefficient (Wildman–Crippen LogP) is 1.59. The maximum Gasteiger partial charge on any atom is 0.248 e. The van der Waals surface area contributed by atoms with Crippen LogP contribution in [0.15, 0.2) is 24.3 Å². The molecule has 2 amide bonds. The molecule has 128 valence electrons. The molecule has 5 nitrogen and oxygen atoms in total. The Kier molecular flexibility index (Phi) is 4.04. The summed E-state index contributed by atoms with van der Waals surface area (Å²) in [6, 6.07) is 8.19. The van der Waals surface area contributed by atoms with Crippen LogP contribution in [0.3, 0.4) is 0 Å². The standard InChI is InChI=1S/C19H25N3O2/c20-18(23)14-4-1-3-13(11-14)16-12-17(16)19(24)22-9-7-21(8-10-22)15-5-2-6-15/h1,3-4,11,15-17H,2,5-10,12H2,(H2,20,23)/t16-,17+/m0/s1. The molecule has 4 rings (SSSR count). The van der Waals surface area contributed by atoms with Crippen LogP contribution in [0.5, 0.6) is 0 Å². The van der Waals surface area contributed by atoms with Crippen LogP contribution in [0.25, 0.3) is 0 Å². The fourth-order valence-corrected chi connectivity index (χ4v) is 4.05. The Balaban J connectivity index is 1.34. The smallest absolute Gasteiger partial charge is 0.248 e. The number of rotatable bonds is 4. The normalized spacial score (nSPS) is 27.6. The number of hydrogen-bond acceptors (Lipinski definition) is 3. The molecule has 3 aliphatic rings. The van der Waals surface area contributed by atoms with Crippen molar-refractivity contribution < 1.29 is 9.59 Å². The van der Waals surface area contributed by atoms with E-state index in [-0.39, 0.29) is 17.7 Å². The topological polar surface area (TPSA) is 66.6 Å². The van der Waals surface area contributed by atoms with Crippen molar-refractivity contribution in [3.05, 3.63) is 35.4 Å². The van der Waals surface area contributed by atoms with Crippen molar-refractivity contribution in [3.63, 3.8) is 0 Å². The van der Waals surface area contributed by atoms with Gasteiger partial charge in [-0.1, -0.05) is 18.6 Å². The van der Waals surface area contributed by atoms with E-state index in [9.17, 15) is 9.59 Å². The van der Waals surface area contributed by atoms with E-state index in [4.69, 9.17) is 5.73 Å². The van der Waals surface area contributed by atoms with Gasteiger partial charge in [0.25, 0.3) is 0 Å². The summed E-state index contributed by atoms with van der Waals surface area (Å²) in [5.74, 6) is 0.218. The van der Waals surface area contributed by atoms with Crippen molar-refractivity contribution in [1.29, 1.82) is 0 Å². The van der Waals surface area contributed by atoms with Gasteiger partial charge in [-0.3, -0.25) is 14.5 Å². The van der Waals surface area contributed by atoms with Crippen LogP contribution >= 0.6 is 0 Å². The van der Waals surface area contributed by atoms with Crippen LogP contribution in [0.1, 0.15) is 47.5 Å². The molecule has 1 heterocycles. The number of primary amides is 1. The summed E-state index contributed by atoms with van der Waals surface area (Å²) in [4.78, 5) is 28.6. The zero-order valence-corrected chi connectivity index (χ0v) is 14.0. The van der Waals surface area contributed by atoms with Gasteiger partial charge in [0.05, 0.1) is 0 Å². The van der Waals surface area contributed by atoms with Crippen molar-refractivity contribution in [2.75, 3.05) is 26.2 Å². The first-order valence-corrected chi connectivity index (χ1v) is 9.06. The Morgan fingerprint density at radius 3 is 2.46 bits per heavy atom. The molecule has 2 N–H and O–H groups in total. The SMILES string of the molecule is NC(=O)c1cccc([C@@H]2C[C@H]2C(=O)N2CCN(C3CCC3)CC2)c1.